The van der Waals surface area contributed by atoms with E-state index in [-0.39, 0.29) is 5.91 Å². The van der Waals surface area contributed by atoms with Crippen LogP contribution in [0.25, 0.3) is 11.1 Å². The number of nitrogens with two attached hydrogens (primary N) is 1. The molecule has 34 heavy (non-hydrogen) atoms. The average molecular weight is 455 g/mol. The van der Waals surface area contributed by atoms with Gasteiger partial charge in [-0.25, -0.2) is 10.0 Å². The van der Waals surface area contributed by atoms with Gasteiger partial charge in [0.05, 0.1) is 7.11 Å². The number of benzene rings is 3. The lowest BCUT2D eigenvalue weighted by Crippen LogP contribution is -2.25. The molecule has 1 amide bonds. The van der Waals surface area contributed by atoms with Crippen LogP contribution in [0.3, 0.4) is 0 Å². The van der Waals surface area contributed by atoms with Crippen molar-refractivity contribution in [1.82, 2.24) is 10.0 Å². The largest absolute Gasteiger partial charge is 0.457 e. The third kappa shape index (κ3) is 5.33. The molecule has 4 rings (SSSR count). The van der Waals surface area contributed by atoms with Crippen molar-refractivity contribution in [2.75, 3.05) is 25.2 Å². The molecule has 1 heterocycles. The summed E-state index contributed by atoms with van der Waals surface area (Å²) in [4.78, 5) is 21.9. The highest BCUT2D eigenvalue weighted by molar-refractivity contribution is 5.93. The molecule has 1 aromatic heterocycles. The van der Waals surface area contributed by atoms with E-state index >= 15 is 0 Å². The number of nitrogens with zero attached hydrogens (tertiary/aromatic N) is 2. The number of carbonyl (C=O) groups excluding carboxylic acids is 1. The van der Waals surface area contributed by atoms with E-state index in [4.69, 9.17) is 15.3 Å². The van der Waals surface area contributed by atoms with Crippen LogP contribution in [-0.4, -0.2) is 30.1 Å². The Morgan fingerprint density at radius 3 is 2.44 bits per heavy atom. The number of ether oxygens (including phenoxy) is 1. The summed E-state index contributed by atoms with van der Waals surface area (Å²) in [7, 11) is 3.03. The Morgan fingerprint density at radius 1 is 0.971 bits per heavy atom. The maximum Gasteiger partial charge on any atom is 0.277 e. The number of nitrogen functional groups attached to an aromatic ring is 1. The van der Waals surface area contributed by atoms with Gasteiger partial charge < -0.3 is 15.8 Å². The maximum atomic E-state index is 12.4. The highest BCUT2D eigenvalue weighted by atomic mass is 16.7. The monoisotopic (exact) mass is 454 g/mol. The van der Waals surface area contributed by atoms with Crippen molar-refractivity contribution < 1.29 is 14.4 Å². The van der Waals surface area contributed by atoms with Gasteiger partial charge in [0.25, 0.3) is 5.91 Å². The zero-order valence-corrected chi connectivity index (χ0v) is 19.1. The lowest BCUT2D eigenvalue weighted by atomic mass is 10.0. The third-order valence-electron chi connectivity index (χ3n) is 5.30. The van der Waals surface area contributed by atoms with E-state index in [0.29, 0.717) is 23.6 Å². The van der Waals surface area contributed by atoms with Gasteiger partial charge in [0.1, 0.15) is 17.3 Å². The quantitative estimate of drug-likeness (QED) is 0.348. The Labute approximate surface area is 198 Å². The van der Waals surface area contributed by atoms with E-state index in [9.17, 15) is 4.79 Å². The first-order chi connectivity index (χ1) is 16.5. The Kier molecular flexibility index (Phi) is 7.05. The Bertz CT molecular complexity index is 1260. The van der Waals surface area contributed by atoms with Gasteiger partial charge in [-0.3, -0.25) is 9.63 Å². The van der Waals surface area contributed by atoms with E-state index in [1.54, 1.807) is 25.4 Å². The lowest BCUT2D eigenvalue weighted by molar-refractivity contribution is -0.0757. The van der Waals surface area contributed by atoms with Gasteiger partial charge in [-0.2, -0.15) is 0 Å². The van der Waals surface area contributed by atoms with Gasteiger partial charge in [-0.15, -0.1) is 0 Å². The smallest absolute Gasteiger partial charge is 0.277 e. The highest BCUT2D eigenvalue weighted by Gasteiger charge is 2.13. The van der Waals surface area contributed by atoms with Crippen LogP contribution in [0.5, 0.6) is 11.5 Å². The van der Waals surface area contributed by atoms with Crippen LogP contribution in [0.4, 0.5) is 11.5 Å². The molecule has 7 heteroatoms. The first-order valence-corrected chi connectivity index (χ1v) is 10.8. The molecule has 7 nitrogen and oxygen atoms in total. The van der Waals surface area contributed by atoms with E-state index < -0.39 is 0 Å². The first kappa shape index (κ1) is 22.8. The summed E-state index contributed by atoms with van der Waals surface area (Å²) in [5.41, 5.74) is 10.1. The molecule has 0 fully saturated rings. The van der Waals surface area contributed by atoms with Crippen molar-refractivity contribution in [3.63, 3.8) is 0 Å². The fourth-order valence-electron chi connectivity index (χ4n) is 3.49. The number of amides is 1. The summed E-state index contributed by atoms with van der Waals surface area (Å²) in [6.45, 7) is 0.469. The number of pyridine rings is 1. The number of hydroxylamine groups is 2. The summed E-state index contributed by atoms with van der Waals surface area (Å²) in [5.74, 6) is 1.94. The first-order valence-electron chi connectivity index (χ1n) is 10.8. The minimum absolute atomic E-state index is 0.218. The molecule has 0 aliphatic heterocycles. The molecular weight excluding hydrogens is 428 g/mol. The van der Waals surface area contributed by atoms with Gasteiger partial charge in [-0.05, 0) is 53.6 Å². The molecule has 3 N–H and O–H groups in total. The predicted molar refractivity (Wildman–Crippen MR) is 133 cm³/mol. The summed E-state index contributed by atoms with van der Waals surface area (Å²) in [6, 6.07) is 26.5. The fourth-order valence-corrected chi connectivity index (χ4v) is 3.49. The SMILES string of the molecule is CON(C)C(=O)c1cccc(CNc2nccc(N)c2-c2ccc(Oc3ccccc3)cc2)c1. The number of para-hydroxylation sites is 1. The Morgan fingerprint density at radius 2 is 1.71 bits per heavy atom. The van der Waals surface area contributed by atoms with Crippen LogP contribution in [0.1, 0.15) is 15.9 Å². The van der Waals surface area contributed by atoms with Crippen molar-refractivity contribution in [2.45, 2.75) is 6.54 Å². The Balaban J connectivity index is 1.52. The number of anilines is 2. The van der Waals surface area contributed by atoms with Crippen molar-refractivity contribution in [1.29, 1.82) is 0 Å². The number of hydrogen-bond acceptors (Lipinski definition) is 6. The molecule has 0 unspecified atom stereocenters. The molecule has 0 radical (unpaired) electrons. The molecule has 0 spiro atoms. The molecule has 0 bridgehead atoms. The predicted octanol–water partition coefficient (Wildman–Crippen LogP) is 5.37. The number of hydrogen-bond donors (Lipinski definition) is 2. The van der Waals surface area contributed by atoms with Crippen LogP contribution in [0, 0.1) is 0 Å². The van der Waals surface area contributed by atoms with Crippen LogP contribution in [0.15, 0.2) is 91.1 Å². The van der Waals surface area contributed by atoms with E-state index in [0.717, 1.165) is 28.2 Å². The van der Waals surface area contributed by atoms with Gasteiger partial charge in [-0.1, -0.05) is 42.5 Å². The summed E-state index contributed by atoms with van der Waals surface area (Å²) in [6.07, 6.45) is 1.67. The molecule has 3 aromatic carbocycles. The highest BCUT2D eigenvalue weighted by Crippen LogP contribution is 2.34. The maximum absolute atomic E-state index is 12.4. The summed E-state index contributed by atoms with van der Waals surface area (Å²) < 4.78 is 5.89. The van der Waals surface area contributed by atoms with Crippen molar-refractivity contribution in [3.05, 3.63) is 102 Å². The van der Waals surface area contributed by atoms with E-state index in [2.05, 4.69) is 10.3 Å². The van der Waals surface area contributed by atoms with E-state index in [1.807, 2.05) is 72.8 Å². The average Bonchev–Trinajstić information content (AvgIpc) is 2.88. The summed E-state index contributed by atoms with van der Waals surface area (Å²) in [5, 5.41) is 4.54. The number of carbonyl (C=O) groups is 1. The minimum Gasteiger partial charge on any atom is -0.457 e. The topological polar surface area (TPSA) is 89.7 Å². The molecule has 0 aliphatic carbocycles. The molecular formula is C27H26N4O3. The van der Waals surface area contributed by atoms with Gasteiger partial charge in [0.15, 0.2) is 0 Å². The van der Waals surface area contributed by atoms with Crippen molar-refractivity contribution >= 4 is 17.4 Å². The molecule has 0 aliphatic rings. The second-order valence-electron chi connectivity index (χ2n) is 7.60. The van der Waals surface area contributed by atoms with Crippen LogP contribution >= 0.6 is 0 Å². The second-order valence-corrected chi connectivity index (χ2v) is 7.60. The van der Waals surface area contributed by atoms with Crippen LogP contribution in [0.2, 0.25) is 0 Å². The van der Waals surface area contributed by atoms with Gasteiger partial charge in [0, 0.05) is 36.6 Å². The normalized spacial score (nSPS) is 10.5. The zero-order chi connectivity index (χ0) is 23.9. The standard InChI is InChI=1S/C27H26N4O3/c1-31(33-2)27(32)21-8-6-7-19(17-21)18-30-26-25(24(28)15-16-29-26)20-11-13-23(14-12-20)34-22-9-4-3-5-10-22/h3-17H,18H2,1-2H3,(H3,28,29,30). The minimum atomic E-state index is -0.218. The van der Waals surface area contributed by atoms with Crippen LogP contribution < -0.4 is 15.8 Å². The second kappa shape index (κ2) is 10.5. The van der Waals surface area contributed by atoms with Crippen molar-refractivity contribution in [2.24, 2.45) is 0 Å². The lowest BCUT2D eigenvalue weighted by Gasteiger charge is -2.16. The van der Waals surface area contributed by atoms with Crippen molar-refractivity contribution in [3.8, 4) is 22.6 Å². The number of nitrogens with one attached hydrogen (secondary N) is 1. The zero-order valence-electron chi connectivity index (χ0n) is 19.1. The number of rotatable bonds is 8. The van der Waals surface area contributed by atoms with E-state index in [1.165, 1.54) is 12.2 Å². The van der Waals surface area contributed by atoms with Crippen LogP contribution in [-0.2, 0) is 11.4 Å². The number of aromatic nitrogens is 1. The fraction of sp³-hybridized carbons (Fsp3) is 0.111. The Hall–Kier alpha value is -4.36. The molecule has 172 valence electrons. The molecule has 0 atom stereocenters. The molecule has 0 saturated carbocycles. The van der Waals surface area contributed by atoms with Gasteiger partial charge in [0.2, 0.25) is 0 Å². The molecule has 0 saturated heterocycles. The van der Waals surface area contributed by atoms with Gasteiger partial charge >= 0.3 is 0 Å². The third-order valence-corrected chi connectivity index (χ3v) is 5.30. The molecule has 4 aromatic rings. The summed E-state index contributed by atoms with van der Waals surface area (Å²) >= 11 is 0.